The zero-order valence-corrected chi connectivity index (χ0v) is 13.5. The van der Waals surface area contributed by atoms with Crippen LogP contribution in [0.15, 0.2) is 18.2 Å². The maximum Gasteiger partial charge on any atom is 0.252 e. The monoisotopic (exact) mass is 333 g/mol. The molecular weight excluding hydrogens is 318 g/mol. The average molecular weight is 334 g/mol. The molecule has 3 rings (SSSR count). The zero-order valence-electron chi connectivity index (χ0n) is 12.8. The van der Waals surface area contributed by atoms with Crippen LogP contribution in [0.25, 0.3) is 0 Å². The largest absolute Gasteiger partial charge is 0.326 e. The molecule has 1 aliphatic rings. The van der Waals surface area contributed by atoms with Crippen LogP contribution in [-0.4, -0.2) is 26.6 Å². The average Bonchev–Trinajstić information content (AvgIpc) is 3.02. The molecule has 8 heteroatoms. The van der Waals surface area contributed by atoms with Crippen LogP contribution in [-0.2, 0) is 16.0 Å². The van der Waals surface area contributed by atoms with Crippen molar-refractivity contribution < 1.29 is 9.59 Å². The van der Waals surface area contributed by atoms with E-state index >= 15 is 0 Å². The molecule has 0 spiro atoms. The van der Waals surface area contributed by atoms with Crippen LogP contribution in [0.4, 0.5) is 11.6 Å². The van der Waals surface area contributed by atoms with E-state index in [4.69, 9.17) is 11.6 Å². The van der Waals surface area contributed by atoms with E-state index in [0.29, 0.717) is 28.9 Å². The van der Waals surface area contributed by atoms with Gasteiger partial charge in [-0.2, -0.15) is 10.1 Å². The lowest BCUT2D eigenvalue weighted by atomic mass is 10.1. The van der Waals surface area contributed by atoms with Crippen molar-refractivity contribution in [2.45, 2.75) is 32.7 Å². The second kappa shape index (κ2) is 6.00. The molecule has 0 unspecified atom stereocenters. The molecule has 2 amide bonds. The maximum absolute atomic E-state index is 12.3. The first-order valence-electron chi connectivity index (χ1n) is 7.30. The first-order valence-corrected chi connectivity index (χ1v) is 7.68. The van der Waals surface area contributed by atoms with Gasteiger partial charge in [-0.3, -0.25) is 14.9 Å². The van der Waals surface area contributed by atoms with Gasteiger partial charge in [-0.1, -0.05) is 24.6 Å². The van der Waals surface area contributed by atoms with E-state index in [2.05, 4.69) is 20.7 Å². The fourth-order valence-corrected chi connectivity index (χ4v) is 2.58. The molecule has 120 valence electrons. The van der Waals surface area contributed by atoms with E-state index in [1.54, 1.807) is 12.1 Å². The van der Waals surface area contributed by atoms with Gasteiger partial charge in [0.1, 0.15) is 6.04 Å². The van der Waals surface area contributed by atoms with Gasteiger partial charge in [0.15, 0.2) is 5.82 Å². The minimum atomic E-state index is -0.683. The summed E-state index contributed by atoms with van der Waals surface area (Å²) in [5.74, 6) is 0.470. The number of nitrogens with zero attached hydrogens (tertiary/aromatic N) is 3. The highest BCUT2D eigenvalue weighted by molar-refractivity contribution is 6.31. The van der Waals surface area contributed by atoms with Gasteiger partial charge >= 0.3 is 0 Å². The van der Waals surface area contributed by atoms with Crippen LogP contribution < -0.4 is 10.6 Å². The molecule has 23 heavy (non-hydrogen) atoms. The highest BCUT2D eigenvalue weighted by Crippen LogP contribution is 2.26. The summed E-state index contributed by atoms with van der Waals surface area (Å²) in [7, 11) is 0. The van der Waals surface area contributed by atoms with E-state index in [1.807, 2.05) is 19.9 Å². The van der Waals surface area contributed by atoms with E-state index in [9.17, 15) is 9.59 Å². The number of carbonyl (C=O) groups is 2. The van der Waals surface area contributed by atoms with E-state index in [1.165, 1.54) is 4.68 Å². The van der Waals surface area contributed by atoms with Crippen LogP contribution in [0.3, 0.4) is 0 Å². The summed E-state index contributed by atoms with van der Waals surface area (Å²) in [5.41, 5.74) is 1.53. The first kappa shape index (κ1) is 15.5. The number of rotatable bonds is 4. The van der Waals surface area contributed by atoms with Gasteiger partial charge in [0.2, 0.25) is 11.9 Å². The predicted octanol–water partition coefficient (Wildman–Crippen LogP) is 2.32. The lowest BCUT2D eigenvalue weighted by molar-refractivity contribution is -0.123. The Morgan fingerprint density at radius 3 is 3.00 bits per heavy atom. The van der Waals surface area contributed by atoms with E-state index in [-0.39, 0.29) is 18.2 Å². The molecule has 1 aliphatic heterocycles. The number of aromatic nitrogens is 3. The quantitative estimate of drug-likeness (QED) is 0.898. The standard InChI is InChI=1S/C15H16ClN5O2/c1-3-12-18-15-19-14(23)11(21(15)20-12)7-13(22)17-10-6-9(16)5-4-8(10)2/h4-6,11H,3,7H2,1-2H3,(H,17,22)(H,18,19,20,23)/t11-/m0/s1. The summed E-state index contributed by atoms with van der Waals surface area (Å²) in [5, 5.41) is 10.2. The summed E-state index contributed by atoms with van der Waals surface area (Å²) >= 11 is 5.94. The fourth-order valence-electron chi connectivity index (χ4n) is 2.41. The Morgan fingerprint density at radius 1 is 1.48 bits per heavy atom. The number of anilines is 2. The molecule has 1 aromatic heterocycles. The fraction of sp³-hybridized carbons (Fsp3) is 0.333. The number of hydrogen-bond donors (Lipinski definition) is 2. The molecule has 2 N–H and O–H groups in total. The Balaban J connectivity index is 1.74. The molecule has 0 fully saturated rings. The third kappa shape index (κ3) is 3.05. The Labute approximate surface area is 138 Å². The van der Waals surface area contributed by atoms with Gasteiger partial charge < -0.3 is 5.32 Å². The highest BCUT2D eigenvalue weighted by atomic mass is 35.5. The number of fused-ring (bicyclic) bond motifs is 1. The zero-order chi connectivity index (χ0) is 16.6. The number of aryl methyl sites for hydroxylation is 2. The Kier molecular flexibility index (Phi) is 4.04. The van der Waals surface area contributed by atoms with Gasteiger partial charge in [0.25, 0.3) is 5.91 Å². The molecule has 1 aromatic carbocycles. The lowest BCUT2D eigenvalue weighted by Gasteiger charge is -2.11. The summed E-state index contributed by atoms with van der Waals surface area (Å²) in [6.07, 6.45) is 0.647. The topological polar surface area (TPSA) is 88.9 Å². The SMILES string of the molecule is CCc1nc2n(n1)[C@@H](CC(=O)Nc1cc(Cl)ccc1C)C(=O)N2. The van der Waals surface area contributed by atoms with Gasteiger partial charge in [0, 0.05) is 17.1 Å². The lowest BCUT2D eigenvalue weighted by Crippen LogP contribution is -2.24. The third-order valence-corrected chi connectivity index (χ3v) is 3.91. The molecule has 7 nitrogen and oxygen atoms in total. The number of halogens is 1. The van der Waals surface area contributed by atoms with Crippen molar-refractivity contribution in [3.63, 3.8) is 0 Å². The second-order valence-electron chi connectivity index (χ2n) is 5.37. The maximum atomic E-state index is 12.3. The van der Waals surface area contributed by atoms with E-state index in [0.717, 1.165) is 5.56 Å². The van der Waals surface area contributed by atoms with Crippen molar-refractivity contribution >= 4 is 35.1 Å². The molecular formula is C15H16ClN5O2. The number of nitrogens with one attached hydrogen (secondary N) is 2. The molecule has 0 saturated carbocycles. The summed E-state index contributed by atoms with van der Waals surface area (Å²) in [6.45, 7) is 3.80. The molecule has 0 radical (unpaired) electrons. The summed E-state index contributed by atoms with van der Waals surface area (Å²) in [4.78, 5) is 28.5. The van der Waals surface area contributed by atoms with Crippen LogP contribution in [0.5, 0.6) is 0 Å². The van der Waals surface area contributed by atoms with Crippen LogP contribution >= 0.6 is 11.6 Å². The Morgan fingerprint density at radius 2 is 2.26 bits per heavy atom. The highest BCUT2D eigenvalue weighted by Gasteiger charge is 2.34. The summed E-state index contributed by atoms with van der Waals surface area (Å²) in [6, 6.07) is 4.57. The predicted molar refractivity (Wildman–Crippen MR) is 86.5 cm³/mol. The van der Waals surface area contributed by atoms with Gasteiger partial charge in [-0.15, -0.1) is 0 Å². The van der Waals surface area contributed by atoms with Crippen molar-refractivity contribution in [1.82, 2.24) is 14.8 Å². The minimum Gasteiger partial charge on any atom is -0.326 e. The van der Waals surface area contributed by atoms with Gasteiger partial charge in [-0.05, 0) is 24.6 Å². The molecule has 0 saturated heterocycles. The summed E-state index contributed by atoms with van der Waals surface area (Å²) < 4.78 is 1.48. The number of carbonyl (C=O) groups excluding carboxylic acids is 2. The Hall–Kier alpha value is -2.41. The Bertz CT molecular complexity index is 786. The van der Waals surface area contributed by atoms with Crippen LogP contribution in [0, 0.1) is 6.92 Å². The number of amides is 2. The van der Waals surface area contributed by atoms with Gasteiger partial charge in [-0.25, -0.2) is 4.68 Å². The normalized spacial score (nSPS) is 16.1. The third-order valence-electron chi connectivity index (χ3n) is 3.68. The van der Waals surface area contributed by atoms with Crippen molar-refractivity contribution in [2.75, 3.05) is 10.6 Å². The molecule has 0 aliphatic carbocycles. The molecule has 1 atom stereocenters. The van der Waals surface area contributed by atoms with Crippen molar-refractivity contribution in [2.24, 2.45) is 0 Å². The van der Waals surface area contributed by atoms with Crippen LogP contribution in [0.2, 0.25) is 5.02 Å². The van der Waals surface area contributed by atoms with E-state index < -0.39 is 6.04 Å². The molecule has 2 heterocycles. The van der Waals surface area contributed by atoms with Gasteiger partial charge in [0.05, 0.1) is 6.42 Å². The number of benzene rings is 1. The minimum absolute atomic E-state index is 0.0166. The van der Waals surface area contributed by atoms with Crippen LogP contribution in [0.1, 0.15) is 30.8 Å². The van der Waals surface area contributed by atoms with Crippen molar-refractivity contribution in [3.8, 4) is 0 Å². The molecule has 0 bridgehead atoms. The van der Waals surface area contributed by atoms with Crippen molar-refractivity contribution in [3.05, 3.63) is 34.6 Å². The number of hydrogen-bond acceptors (Lipinski definition) is 4. The molecule has 2 aromatic rings. The first-order chi connectivity index (χ1) is 11.0. The smallest absolute Gasteiger partial charge is 0.252 e. The van der Waals surface area contributed by atoms with Crippen molar-refractivity contribution in [1.29, 1.82) is 0 Å². The second-order valence-corrected chi connectivity index (χ2v) is 5.80.